The Morgan fingerprint density at radius 3 is 2.06 bits per heavy atom. The van der Waals surface area contributed by atoms with Gasteiger partial charge < -0.3 is 0 Å². The summed E-state index contributed by atoms with van der Waals surface area (Å²) in [5.74, 6) is 0. The summed E-state index contributed by atoms with van der Waals surface area (Å²) >= 11 is 0. The quantitative estimate of drug-likeness (QED) is 0.609. The minimum absolute atomic E-state index is 1.13. The Hall–Kier alpha value is -1.30. The first-order chi connectivity index (χ1) is 8.19. The van der Waals surface area contributed by atoms with Crippen molar-refractivity contribution in [1.82, 2.24) is 0 Å². The number of allylic oxidation sites excluding steroid dienone is 3. The third-order valence-electron chi connectivity index (χ3n) is 3.14. The zero-order valence-corrected chi connectivity index (χ0v) is 11.4. The highest BCUT2D eigenvalue weighted by Gasteiger charge is 2.00. The predicted molar refractivity (Wildman–Crippen MR) is 77.5 cm³/mol. The van der Waals surface area contributed by atoms with E-state index in [0.29, 0.717) is 0 Å². The monoisotopic (exact) mass is 228 g/mol. The maximum Gasteiger partial charge on any atom is -0.0241 e. The van der Waals surface area contributed by atoms with Crippen LogP contribution in [0.4, 0.5) is 0 Å². The number of rotatable bonds is 6. The molecular weight excluding hydrogens is 204 g/mol. The van der Waals surface area contributed by atoms with E-state index in [1.54, 1.807) is 0 Å². The first-order valence-electron chi connectivity index (χ1n) is 6.59. The van der Waals surface area contributed by atoms with Gasteiger partial charge in [-0.05, 0) is 49.3 Å². The average Bonchev–Trinajstić information content (AvgIpc) is 2.36. The van der Waals surface area contributed by atoms with Crippen LogP contribution in [0.15, 0.2) is 42.5 Å². The summed E-state index contributed by atoms with van der Waals surface area (Å²) in [5, 5.41) is 0. The van der Waals surface area contributed by atoms with E-state index in [1.807, 2.05) is 6.08 Å². The first kappa shape index (κ1) is 13.8. The molecule has 0 aliphatic heterocycles. The predicted octanol–water partition coefficient (Wildman–Crippen LogP) is 4.88. The number of hydrogen-bond acceptors (Lipinski definition) is 0. The van der Waals surface area contributed by atoms with Gasteiger partial charge in [-0.1, -0.05) is 56.4 Å². The summed E-state index contributed by atoms with van der Waals surface area (Å²) in [6.07, 6.45) is 8.49. The molecule has 0 atom stereocenters. The summed E-state index contributed by atoms with van der Waals surface area (Å²) in [7, 11) is 0. The van der Waals surface area contributed by atoms with Crippen molar-refractivity contribution < 1.29 is 0 Å². The van der Waals surface area contributed by atoms with Crippen LogP contribution in [0.3, 0.4) is 0 Å². The SMILES string of the molecule is C=CC=C(C)CCc1cc(CC)cc(CC)c1. The van der Waals surface area contributed by atoms with Crippen LogP contribution in [0.5, 0.6) is 0 Å². The van der Waals surface area contributed by atoms with Gasteiger partial charge in [-0.15, -0.1) is 0 Å². The molecule has 1 aromatic rings. The van der Waals surface area contributed by atoms with E-state index in [1.165, 1.54) is 22.3 Å². The van der Waals surface area contributed by atoms with E-state index in [-0.39, 0.29) is 0 Å². The van der Waals surface area contributed by atoms with Crippen molar-refractivity contribution in [3.8, 4) is 0 Å². The van der Waals surface area contributed by atoms with Gasteiger partial charge in [-0.25, -0.2) is 0 Å². The van der Waals surface area contributed by atoms with Gasteiger partial charge in [0.15, 0.2) is 0 Å². The second kappa shape index (κ2) is 7.11. The zero-order valence-electron chi connectivity index (χ0n) is 11.4. The molecule has 0 amide bonds. The van der Waals surface area contributed by atoms with Crippen molar-refractivity contribution in [2.45, 2.75) is 46.5 Å². The summed E-state index contributed by atoms with van der Waals surface area (Å²) in [6.45, 7) is 10.4. The highest BCUT2D eigenvalue weighted by atomic mass is 14.1. The van der Waals surface area contributed by atoms with Crippen LogP contribution in [0, 0.1) is 0 Å². The molecule has 0 aromatic heterocycles. The van der Waals surface area contributed by atoms with Crippen LogP contribution in [-0.4, -0.2) is 0 Å². The van der Waals surface area contributed by atoms with E-state index in [9.17, 15) is 0 Å². The van der Waals surface area contributed by atoms with Gasteiger partial charge in [-0.2, -0.15) is 0 Å². The molecule has 0 N–H and O–H groups in total. The summed E-state index contributed by atoms with van der Waals surface area (Å²) < 4.78 is 0. The molecule has 1 aromatic carbocycles. The molecule has 92 valence electrons. The normalized spacial score (nSPS) is 11.6. The van der Waals surface area contributed by atoms with E-state index < -0.39 is 0 Å². The Labute approximate surface area is 106 Å². The van der Waals surface area contributed by atoms with Crippen LogP contribution in [0.25, 0.3) is 0 Å². The molecule has 0 radical (unpaired) electrons. The minimum atomic E-state index is 1.13. The Morgan fingerprint density at radius 2 is 1.59 bits per heavy atom. The Kier molecular flexibility index (Phi) is 5.76. The van der Waals surface area contributed by atoms with Crippen molar-refractivity contribution >= 4 is 0 Å². The zero-order chi connectivity index (χ0) is 12.7. The van der Waals surface area contributed by atoms with Crippen molar-refractivity contribution in [3.05, 3.63) is 59.2 Å². The fourth-order valence-electron chi connectivity index (χ4n) is 2.02. The summed E-state index contributed by atoms with van der Waals surface area (Å²) in [4.78, 5) is 0. The third-order valence-corrected chi connectivity index (χ3v) is 3.14. The lowest BCUT2D eigenvalue weighted by molar-refractivity contribution is 0.929. The maximum absolute atomic E-state index is 3.73. The number of benzene rings is 1. The second-order valence-electron chi connectivity index (χ2n) is 4.61. The van der Waals surface area contributed by atoms with Crippen molar-refractivity contribution in [2.24, 2.45) is 0 Å². The van der Waals surface area contributed by atoms with Crippen LogP contribution in [0.2, 0.25) is 0 Å². The lowest BCUT2D eigenvalue weighted by Gasteiger charge is -2.08. The van der Waals surface area contributed by atoms with Crippen molar-refractivity contribution in [1.29, 1.82) is 0 Å². The molecular formula is C17H24. The van der Waals surface area contributed by atoms with Crippen LogP contribution in [-0.2, 0) is 19.3 Å². The molecule has 17 heavy (non-hydrogen) atoms. The highest BCUT2D eigenvalue weighted by molar-refractivity contribution is 5.31. The Bertz CT molecular complexity index is 374. The molecule has 1 rings (SSSR count). The topological polar surface area (TPSA) is 0 Å². The molecule has 0 nitrogen and oxygen atoms in total. The minimum Gasteiger partial charge on any atom is -0.0991 e. The molecule has 0 spiro atoms. The standard InChI is InChI=1S/C17H24/c1-5-8-14(4)9-10-17-12-15(6-2)11-16(7-3)13-17/h5,8,11-13H,1,6-7,9-10H2,2-4H3. The highest BCUT2D eigenvalue weighted by Crippen LogP contribution is 2.15. The number of hydrogen-bond donors (Lipinski definition) is 0. The fraction of sp³-hybridized carbons (Fsp3) is 0.412. The molecule has 0 bridgehead atoms. The van der Waals surface area contributed by atoms with E-state index in [2.05, 4.69) is 51.6 Å². The summed E-state index contributed by atoms with van der Waals surface area (Å²) in [6, 6.07) is 7.02. The van der Waals surface area contributed by atoms with Gasteiger partial charge in [0.1, 0.15) is 0 Å². The van der Waals surface area contributed by atoms with Gasteiger partial charge in [0.05, 0.1) is 0 Å². The molecule has 0 saturated heterocycles. The fourth-order valence-corrected chi connectivity index (χ4v) is 2.02. The van der Waals surface area contributed by atoms with Gasteiger partial charge in [0.25, 0.3) is 0 Å². The first-order valence-corrected chi connectivity index (χ1v) is 6.59. The van der Waals surface area contributed by atoms with Gasteiger partial charge in [-0.3, -0.25) is 0 Å². The molecule has 0 heterocycles. The molecule has 0 aliphatic rings. The van der Waals surface area contributed by atoms with E-state index in [0.717, 1.165) is 25.7 Å². The molecule has 0 heteroatoms. The lowest BCUT2D eigenvalue weighted by atomic mass is 9.98. The largest absolute Gasteiger partial charge is 0.0991 e. The maximum atomic E-state index is 3.73. The smallest absolute Gasteiger partial charge is 0.0241 e. The van der Waals surface area contributed by atoms with Crippen LogP contribution in [0.1, 0.15) is 43.9 Å². The lowest BCUT2D eigenvalue weighted by Crippen LogP contribution is -1.93. The average molecular weight is 228 g/mol. The molecule has 0 unspecified atom stereocenters. The second-order valence-corrected chi connectivity index (χ2v) is 4.61. The van der Waals surface area contributed by atoms with Gasteiger partial charge in [0.2, 0.25) is 0 Å². The van der Waals surface area contributed by atoms with E-state index >= 15 is 0 Å². The molecule has 0 fully saturated rings. The molecule has 0 aliphatic carbocycles. The molecule has 0 saturated carbocycles. The third kappa shape index (κ3) is 4.60. The van der Waals surface area contributed by atoms with Crippen molar-refractivity contribution in [3.63, 3.8) is 0 Å². The van der Waals surface area contributed by atoms with Crippen LogP contribution < -0.4 is 0 Å². The summed E-state index contributed by atoms with van der Waals surface area (Å²) in [5.41, 5.74) is 5.80. The Morgan fingerprint density at radius 1 is 1.06 bits per heavy atom. The number of aryl methyl sites for hydroxylation is 3. The van der Waals surface area contributed by atoms with E-state index in [4.69, 9.17) is 0 Å². The van der Waals surface area contributed by atoms with Gasteiger partial charge >= 0.3 is 0 Å². The Balaban J connectivity index is 2.76. The van der Waals surface area contributed by atoms with Gasteiger partial charge in [0, 0.05) is 0 Å². The van der Waals surface area contributed by atoms with Crippen LogP contribution >= 0.6 is 0 Å². The van der Waals surface area contributed by atoms with Crippen molar-refractivity contribution in [2.75, 3.05) is 0 Å².